The van der Waals surface area contributed by atoms with Gasteiger partial charge in [-0.1, -0.05) is 54.5 Å². The van der Waals surface area contributed by atoms with E-state index in [1.54, 1.807) is 7.11 Å². The number of dihydropyridines is 1. The molecule has 1 atom stereocenters. The second kappa shape index (κ2) is 9.29. The van der Waals surface area contributed by atoms with Crippen LogP contribution in [0.4, 0.5) is 0 Å². The third-order valence-electron chi connectivity index (χ3n) is 2.29. The molecule has 2 heteroatoms. The highest BCUT2D eigenvalue weighted by Gasteiger charge is 2.20. The lowest BCUT2D eigenvalue weighted by Gasteiger charge is -2.28. The van der Waals surface area contributed by atoms with Gasteiger partial charge in [0.05, 0.1) is 0 Å². The Labute approximate surface area is 108 Å². The molecule has 0 aromatic carbocycles. The number of methoxy groups -OCH3 is 1. The van der Waals surface area contributed by atoms with Crippen molar-refractivity contribution in [3.63, 3.8) is 0 Å². The first-order chi connectivity index (χ1) is 7.95. The highest BCUT2D eigenvalue weighted by molar-refractivity contribution is 5.32. The maximum atomic E-state index is 5.24. The predicted octanol–water partition coefficient (Wildman–Crippen LogP) is 4.49. The van der Waals surface area contributed by atoms with Crippen LogP contribution in [0.1, 0.15) is 55.4 Å². The summed E-state index contributed by atoms with van der Waals surface area (Å²) in [6.07, 6.45) is 4.29. The van der Waals surface area contributed by atoms with E-state index in [4.69, 9.17) is 4.74 Å². The molecular weight excluding hydrogens is 210 g/mol. The molecule has 0 aliphatic carbocycles. The van der Waals surface area contributed by atoms with Crippen LogP contribution in [0.5, 0.6) is 0 Å². The molecule has 0 bridgehead atoms. The third-order valence-corrected chi connectivity index (χ3v) is 2.29. The van der Waals surface area contributed by atoms with Gasteiger partial charge in [-0.25, -0.2) is 0 Å². The Morgan fingerprint density at radius 1 is 1.12 bits per heavy atom. The molecule has 1 rings (SSSR count). The standard InChI is InChI=1S/C11H19NO.2C2H6/c1-8-6-9(11(2,3)4)7-12-10(8)13-5;2*1-2/h6-7,10,12H,1-5H3;2*1-2H3. The van der Waals surface area contributed by atoms with Crippen LogP contribution in [0.3, 0.4) is 0 Å². The number of rotatable bonds is 1. The second-order valence-electron chi connectivity index (χ2n) is 4.52. The fourth-order valence-corrected chi connectivity index (χ4v) is 1.35. The lowest BCUT2D eigenvalue weighted by Crippen LogP contribution is -2.32. The highest BCUT2D eigenvalue weighted by atomic mass is 16.5. The second-order valence-corrected chi connectivity index (χ2v) is 4.52. The Hall–Kier alpha value is -0.760. The van der Waals surface area contributed by atoms with Crippen molar-refractivity contribution in [3.05, 3.63) is 23.4 Å². The Morgan fingerprint density at radius 3 is 1.88 bits per heavy atom. The number of nitrogens with one attached hydrogen (secondary N) is 1. The van der Waals surface area contributed by atoms with Gasteiger partial charge < -0.3 is 10.1 Å². The van der Waals surface area contributed by atoms with Crippen molar-refractivity contribution >= 4 is 0 Å². The van der Waals surface area contributed by atoms with Crippen molar-refractivity contribution < 1.29 is 4.74 Å². The first kappa shape index (κ1) is 18.6. The smallest absolute Gasteiger partial charge is 0.149 e. The van der Waals surface area contributed by atoms with Crippen LogP contribution in [-0.4, -0.2) is 13.3 Å². The minimum atomic E-state index is 0.0473. The van der Waals surface area contributed by atoms with Gasteiger partial charge in [-0.2, -0.15) is 0 Å². The van der Waals surface area contributed by atoms with Crippen LogP contribution in [-0.2, 0) is 4.74 Å². The van der Waals surface area contributed by atoms with E-state index < -0.39 is 0 Å². The molecule has 1 N–H and O–H groups in total. The monoisotopic (exact) mass is 241 g/mol. The molecule has 0 spiro atoms. The van der Waals surface area contributed by atoms with E-state index in [2.05, 4.69) is 39.1 Å². The quantitative estimate of drug-likeness (QED) is 0.730. The fraction of sp³-hybridized carbons (Fsp3) is 0.733. The molecule has 0 aromatic rings. The van der Waals surface area contributed by atoms with E-state index >= 15 is 0 Å². The molecule has 2 nitrogen and oxygen atoms in total. The average molecular weight is 241 g/mol. The number of hydrogen-bond acceptors (Lipinski definition) is 2. The summed E-state index contributed by atoms with van der Waals surface area (Å²) >= 11 is 0. The maximum absolute atomic E-state index is 5.24. The normalized spacial score (nSPS) is 18.5. The molecule has 0 saturated carbocycles. The van der Waals surface area contributed by atoms with E-state index in [0.29, 0.717) is 0 Å². The van der Waals surface area contributed by atoms with E-state index in [1.807, 2.05) is 33.9 Å². The maximum Gasteiger partial charge on any atom is 0.149 e. The Morgan fingerprint density at radius 2 is 1.59 bits per heavy atom. The van der Waals surface area contributed by atoms with Gasteiger partial charge >= 0.3 is 0 Å². The zero-order chi connectivity index (χ0) is 14.1. The minimum absolute atomic E-state index is 0.0473. The van der Waals surface area contributed by atoms with Gasteiger partial charge in [0.1, 0.15) is 6.23 Å². The molecule has 0 radical (unpaired) electrons. The van der Waals surface area contributed by atoms with Crippen LogP contribution < -0.4 is 5.32 Å². The molecule has 0 aromatic heterocycles. The summed E-state index contributed by atoms with van der Waals surface area (Å²) in [6.45, 7) is 16.7. The average Bonchev–Trinajstić information content (AvgIpc) is 2.33. The molecule has 1 aliphatic heterocycles. The number of ether oxygens (including phenoxy) is 1. The summed E-state index contributed by atoms with van der Waals surface area (Å²) in [5.41, 5.74) is 2.75. The van der Waals surface area contributed by atoms with Crippen LogP contribution in [0.2, 0.25) is 0 Å². The first-order valence-corrected chi connectivity index (χ1v) is 6.63. The van der Waals surface area contributed by atoms with Gasteiger partial charge in [0, 0.05) is 13.3 Å². The summed E-state index contributed by atoms with van der Waals surface area (Å²) < 4.78 is 5.24. The van der Waals surface area contributed by atoms with Gasteiger partial charge in [0.2, 0.25) is 0 Å². The fourth-order valence-electron chi connectivity index (χ4n) is 1.35. The Bertz CT molecular complexity index is 246. The van der Waals surface area contributed by atoms with Crippen molar-refractivity contribution in [1.82, 2.24) is 5.32 Å². The molecule has 0 fully saturated rings. The van der Waals surface area contributed by atoms with Crippen molar-refractivity contribution in [2.45, 2.75) is 61.6 Å². The molecule has 0 amide bonds. The minimum Gasteiger partial charge on any atom is -0.362 e. The third kappa shape index (κ3) is 6.52. The van der Waals surface area contributed by atoms with Crippen molar-refractivity contribution in [2.24, 2.45) is 5.41 Å². The summed E-state index contributed by atoms with van der Waals surface area (Å²) in [6, 6.07) is 0. The zero-order valence-electron chi connectivity index (χ0n) is 13.1. The number of allylic oxidation sites excluding steroid dienone is 2. The first-order valence-electron chi connectivity index (χ1n) is 6.63. The lowest BCUT2D eigenvalue weighted by molar-refractivity contribution is 0.113. The SMILES string of the molecule is CC.CC.COC1NC=C(C(C)(C)C)C=C1C. The van der Waals surface area contributed by atoms with Crippen LogP contribution >= 0.6 is 0 Å². The zero-order valence-corrected chi connectivity index (χ0v) is 13.1. The summed E-state index contributed by atoms with van der Waals surface area (Å²) in [7, 11) is 1.71. The van der Waals surface area contributed by atoms with Crippen molar-refractivity contribution in [1.29, 1.82) is 0 Å². The van der Waals surface area contributed by atoms with Crippen LogP contribution in [0.25, 0.3) is 0 Å². The molecular formula is C15H31NO. The molecule has 1 heterocycles. The van der Waals surface area contributed by atoms with E-state index in [9.17, 15) is 0 Å². The summed E-state index contributed by atoms with van der Waals surface area (Å²) in [5, 5.41) is 3.22. The molecule has 102 valence electrons. The van der Waals surface area contributed by atoms with Gasteiger partial charge in [-0.15, -0.1) is 0 Å². The molecule has 17 heavy (non-hydrogen) atoms. The Kier molecular flexibility index (Phi) is 10.2. The lowest BCUT2D eigenvalue weighted by atomic mass is 9.85. The molecule has 0 saturated heterocycles. The van der Waals surface area contributed by atoms with Gasteiger partial charge in [-0.05, 0) is 23.5 Å². The van der Waals surface area contributed by atoms with Crippen LogP contribution in [0.15, 0.2) is 23.4 Å². The van der Waals surface area contributed by atoms with Gasteiger partial charge in [0.25, 0.3) is 0 Å². The summed E-state index contributed by atoms with van der Waals surface area (Å²) in [4.78, 5) is 0. The molecule has 1 aliphatic rings. The van der Waals surface area contributed by atoms with E-state index in [0.717, 1.165) is 0 Å². The van der Waals surface area contributed by atoms with Crippen molar-refractivity contribution in [3.8, 4) is 0 Å². The largest absolute Gasteiger partial charge is 0.362 e. The number of hydrogen-bond donors (Lipinski definition) is 1. The highest BCUT2D eigenvalue weighted by Crippen LogP contribution is 2.29. The van der Waals surface area contributed by atoms with Crippen LogP contribution in [0, 0.1) is 5.41 Å². The van der Waals surface area contributed by atoms with Gasteiger partial charge in [-0.3, -0.25) is 0 Å². The Balaban J connectivity index is 0. The predicted molar refractivity (Wildman–Crippen MR) is 77.9 cm³/mol. The van der Waals surface area contributed by atoms with E-state index in [1.165, 1.54) is 11.1 Å². The molecule has 1 unspecified atom stereocenters. The topological polar surface area (TPSA) is 21.3 Å². The summed E-state index contributed by atoms with van der Waals surface area (Å²) in [5.74, 6) is 0. The van der Waals surface area contributed by atoms with Gasteiger partial charge in [0.15, 0.2) is 0 Å². The van der Waals surface area contributed by atoms with E-state index in [-0.39, 0.29) is 11.6 Å². The van der Waals surface area contributed by atoms with Crippen molar-refractivity contribution in [2.75, 3.05) is 7.11 Å².